The number of ether oxygens (including phenoxy) is 8. The molecule has 8 N–H and O–H groups in total. The highest BCUT2D eigenvalue weighted by molar-refractivity contribution is 5.57. The van der Waals surface area contributed by atoms with Crippen LogP contribution < -0.4 is 18.9 Å². The van der Waals surface area contributed by atoms with Gasteiger partial charge in [0.25, 0.3) is 0 Å². The molecule has 4 aromatic carbocycles. The molecule has 2 saturated heterocycles. The molecule has 2 fully saturated rings. The zero-order valence-corrected chi connectivity index (χ0v) is 43.5. The van der Waals surface area contributed by atoms with E-state index in [0.29, 0.717) is 77.8 Å². The maximum absolute atomic E-state index is 10.6. The van der Waals surface area contributed by atoms with Crippen molar-refractivity contribution in [1.82, 2.24) is 0 Å². The van der Waals surface area contributed by atoms with Gasteiger partial charge in [-0.25, -0.2) is 0 Å². The van der Waals surface area contributed by atoms with E-state index in [1.54, 1.807) is 0 Å². The highest BCUT2D eigenvalue weighted by Gasteiger charge is 2.45. The van der Waals surface area contributed by atoms with Gasteiger partial charge in [0.05, 0.1) is 52.9 Å². The van der Waals surface area contributed by atoms with Crippen molar-refractivity contribution in [3.63, 3.8) is 0 Å². The van der Waals surface area contributed by atoms with Crippen molar-refractivity contribution < 1.29 is 78.7 Å². The third-order valence-corrected chi connectivity index (χ3v) is 13.8. The number of fused-ring (bicyclic) bond motifs is 8. The van der Waals surface area contributed by atoms with Crippen molar-refractivity contribution in [3.8, 4) is 23.0 Å². The molecule has 0 unspecified atom stereocenters. The van der Waals surface area contributed by atoms with Crippen LogP contribution in [0, 0.1) is 0 Å². The number of hydrogen-bond acceptors (Lipinski definition) is 16. The molecule has 7 rings (SSSR count). The third-order valence-electron chi connectivity index (χ3n) is 13.8. The van der Waals surface area contributed by atoms with E-state index < -0.39 is 74.6 Å². The molecular formula is C58H80O16. The van der Waals surface area contributed by atoms with Crippen LogP contribution >= 0.6 is 0 Å². The second-order valence-corrected chi connectivity index (χ2v) is 19.7. The standard InChI is InChI=1S/C58H80O16/c1-5-19-67-53-37-15-9-16-38(53)30-42-26-36(14-12-24-72-58-52(66)50(64)48(62)46(34-60)74-58)28-44(56(42)70-22-8-4)32-40-18-10-17-39(54(40)68-20-6-2)31-43-27-35(25-41(29-37)55(43)69-21-7-3)13-11-23-71-57-51(65)49(63)47(61)45(33-59)73-57/h9-10,15-18,25-28,45-52,57-66H,5-8,11-14,19-24,29-34H2,1-4H3/t45-,46-,47+,48+,49+,50+,51-,52-,57-,58-/m1/s1. The highest BCUT2D eigenvalue weighted by Crippen LogP contribution is 2.41. The Morgan fingerprint density at radius 2 is 0.703 bits per heavy atom. The molecule has 2 aliphatic heterocycles. The van der Waals surface area contributed by atoms with Crippen molar-refractivity contribution in [3.05, 3.63) is 116 Å². The van der Waals surface area contributed by atoms with Crippen LogP contribution in [0.15, 0.2) is 60.7 Å². The largest absolute Gasteiger partial charge is 0.493 e. The minimum absolute atomic E-state index is 0.178. The predicted octanol–water partition coefficient (Wildman–Crippen LogP) is 5.02. The van der Waals surface area contributed by atoms with E-state index in [4.69, 9.17) is 37.9 Å². The Labute approximate surface area is 435 Å². The number of hydrogen-bond donors (Lipinski definition) is 8. The van der Waals surface area contributed by atoms with Gasteiger partial charge in [0.15, 0.2) is 12.6 Å². The number of benzene rings is 4. The fourth-order valence-electron chi connectivity index (χ4n) is 10.0. The van der Waals surface area contributed by atoms with E-state index in [2.05, 4.69) is 88.4 Å². The summed E-state index contributed by atoms with van der Waals surface area (Å²) >= 11 is 0. The van der Waals surface area contributed by atoms with Crippen LogP contribution in [0.2, 0.25) is 0 Å². The summed E-state index contributed by atoms with van der Waals surface area (Å²) in [6.07, 6.45) is -5.98. The SMILES string of the molecule is CCCOc1c2cccc1Cc1cc(CCCO[C@@H]3O[C@H](CO)[C@H](O)[C@H](O)[C@H]3O)cc(c1OCCC)Cc1cccc(c1OCCC)Cc1cc(CCCO[C@@H]3O[C@H](CO)[C@H](O)[C@H](O)[C@H]3O)cc(c1OCCC)C2. The van der Waals surface area contributed by atoms with Gasteiger partial charge in [0, 0.05) is 25.7 Å². The Hall–Kier alpha value is -4.40. The first-order valence-electron chi connectivity index (χ1n) is 26.8. The lowest BCUT2D eigenvalue weighted by Gasteiger charge is -2.39. The number of aliphatic hydroxyl groups excluding tert-OH is 8. The zero-order chi connectivity index (χ0) is 52.7. The molecule has 1 aliphatic carbocycles. The first-order chi connectivity index (χ1) is 35.9. The van der Waals surface area contributed by atoms with E-state index in [9.17, 15) is 40.9 Å². The van der Waals surface area contributed by atoms with Gasteiger partial charge < -0.3 is 78.7 Å². The van der Waals surface area contributed by atoms with Crippen LogP contribution in [0.3, 0.4) is 0 Å². The van der Waals surface area contributed by atoms with Gasteiger partial charge in [-0.1, -0.05) is 88.4 Å². The van der Waals surface area contributed by atoms with Crippen LogP contribution in [0.5, 0.6) is 23.0 Å². The Bertz CT molecular complexity index is 2120. The van der Waals surface area contributed by atoms with Gasteiger partial charge in [-0.15, -0.1) is 0 Å². The van der Waals surface area contributed by atoms with Gasteiger partial charge in [0.1, 0.15) is 71.8 Å². The first-order valence-corrected chi connectivity index (χ1v) is 26.8. The second-order valence-electron chi connectivity index (χ2n) is 19.7. The number of aliphatic hydroxyl groups is 8. The molecule has 10 atom stereocenters. The Morgan fingerprint density at radius 3 is 0.986 bits per heavy atom. The summed E-state index contributed by atoms with van der Waals surface area (Å²) in [5.41, 5.74) is 10.1. The van der Waals surface area contributed by atoms with E-state index in [1.165, 1.54) is 0 Å². The average molecular weight is 1030 g/mol. The summed E-state index contributed by atoms with van der Waals surface area (Å²) in [7, 11) is 0. The van der Waals surface area contributed by atoms with Crippen molar-refractivity contribution in [2.45, 2.75) is 166 Å². The van der Waals surface area contributed by atoms with Gasteiger partial charge in [-0.3, -0.25) is 0 Å². The minimum atomic E-state index is -1.53. The maximum Gasteiger partial charge on any atom is 0.186 e. The first kappa shape index (κ1) is 57.3. The van der Waals surface area contributed by atoms with Crippen LogP contribution in [0.1, 0.15) is 122 Å². The smallest absolute Gasteiger partial charge is 0.186 e. The molecule has 74 heavy (non-hydrogen) atoms. The Balaban J connectivity index is 1.29. The molecule has 0 amide bonds. The number of para-hydroxylation sites is 2. The molecule has 3 aliphatic rings. The molecule has 0 saturated carbocycles. The number of rotatable bonds is 24. The summed E-state index contributed by atoms with van der Waals surface area (Å²) in [6, 6.07) is 21.4. The summed E-state index contributed by atoms with van der Waals surface area (Å²) in [5.74, 6) is 3.26. The Morgan fingerprint density at radius 1 is 0.405 bits per heavy atom. The highest BCUT2D eigenvalue weighted by atomic mass is 16.7. The topological polar surface area (TPSA) is 236 Å². The second kappa shape index (κ2) is 28.1. The fraction of sp³-hybridized carbons (Fsp3) is 0.586. The molecular weight excluding hydrogens is 953 g/mol. The molecule has 8 bridgehead atoms. The molecule has 16 nitrogen and oxygen atoms in total. The lowest BCUT2D eigenvalue weighted by atomic mass is 9.89. The van der Waals surface area contributed by atoms with Crippen molar-refractivity contribution in [2.75, 3.05) is 52.9 Å². The van der Waals surface area contributed by atoms with E-state index in [0.717, 1.165) is 104 Å². The zero-order valence-electron chi connectivity index (χ0n) is 43.5. The molecule has 408 valence electrons. The van der Waals surface area contributed by atoms with Gasteiger partial charge in [-0.2, -0.15) is 0 Å². The molecule has 16 heteroatoms. The monoisotopic (exact) mass is 1030 g/mol. The van der Waals surface area contributed by atoms with Crippen LogP contribution in [0.4, 0.5) is 0 Å². The molecule has 4 aromatic rings. The summed E-state index contributed by atoms with van der Waals surface area (Å²) in [4.78, 5) is 0. The lowest BCUT2D eigenvalue weighted by Crippen LogP contribution is -2.59. The van der Waals surface area contributed by atoms with Crippen LogP contribution in [0.25, 0.3) is 0 Å². The van der Waals surface area contributed by atoms with Gasteiger partial charge in [-0.05, 0) is 107 Å². The van der Waals surface area contributed by atoms with Crippen LogP contribution in [-0.2, 0) is 57.5 Å². The molecule has 0 aromatic heterocycles. The normalized spacial score (nSPS) is 24.9. The predicted molar refractivity (Wildman–Crippen MR) is 276 cm³/mol. The third kappa shape index (κ3) is 14.1. The van der Waals surface area contributed by atoms with Gasteiger partial charge >= 0.3 is 0 Å². The Kier molecular flexibility index (Phi) is 21.8. The summed E-state index contributed by atoms with van der Waals surface area (Å²) < 4.78 is 50.1. The molecule has 2 heterocycles. The van der Waals surface area contributed by atoms with E-state index >= 15 is 0 Å². The quantitative estimate of drug-likeness (QED) is 0.0379. The van der Waals surface area contributed by atoms with Crippen LogP contribution in [-0.4, -0.2) is 155 Å². The average Bonchev–Trinajstić information content (AvgIpc) is 3.39. The van der Waals surface area contributed by atoms with E-state index in [-0.39, 0.29) is 13.2 Å². The lowest BCUT2D eigenvalue weighted by molar-refractivity contribution is -0.301. The molecule has 0 radical (unpaired) electrons. The number of aryl methyl sites for hydroxylation is 2. The molecule has 0 spiro atoms. The summed E-state index contributed by atoms with van der Waals surface area (Å²) in [6.45, 7) is 9.71. The van der Waals surface area contributed by atoms with E-state index in [1.807, 2.05) is 0 Å². The fourth-order valence-corrected chi connectivity index (χ4v) is 10.0. The maximum atomic E-state index is 10.6. The summed E-state index contributed by atoms with van der Waals surface area (Å²) in [5, 5.41) is 82.0. The van der Waals surface area contributed by atoms with Crippen molar-refractivity contribution >= 4 is 0 Å². The van der Waals surface area contributed by atoms with Crippen molar-refractivity contribution in [2.24, 2.45) is 0 Å². The van der Waals surface area contributed by atoms with Gasteiger partial charge in [0.2, 0.25) is 0 Å². The van der Waals surface area contributed by atoms with Crippen molar-refractivity contribution in [1.29, 1.82) is 0 Å². The minimum Gasteiger partial charge on any atom is -0.493 e.